The van der Waals surface area contributed by atoms with Gasteiger partial charge in [-0.25, -0.2) is 17.5 Å². The number of para-hydroxylation sites is 1. The van der Waals surface area contributed by atoms with E-state index in [0.717, 1.165) is 6.07 Å². The normalized spacial score (nSPS) is 12.9. The molecule has 0 saturated heterocycles. The van der Waals surface area contributed by atoms with E-state index < -0.39 is 15.8 Å². The Kier molecular flexibility index (Phi) is 5.15. The van der Waals surface area contributed by atoms with Crippen molar-refractivity contribution in [3.63, 3.8) is 0 Å². The smallest absolute Gasteiger partial charge is 0.240 e. The van der Waals surface area contributed by atoms with E-state index in [1.54, 1.807) is 19.1 Å². The van der Waals surface area contributed by atoms with Crippen molar-refractivity contribution in [3.05, 3.63) is 59.9 Å². The summed E-state index contributed by atoms with van der Waals surface area (Å²) < 4.78 is 45.6. The number of nitrogens with one attached hydrogen (secondary N) is 1. The highest BCUT2D eigenvalue weighted by molar-refractivity contribution is 7.89. The molecular weight excluding hydrogens is 305 g/mol. The minimum Gasteiger partial charge on any atom is -0.489 e. The molecule has 2 aromatic rings. The van der Waals surface area contributed by atoms with Crippen molar-refractivity contribution >= 4 is 10.0 Å². The summed E-state index contributed by atoms with van der Waals surface area (Å²) in [6, 6.07) is 12.8. The standard InChI is InChI=1S/C16H18FNO3S/c1-12-10-15(8-9-16(12)17)22(19,20)18-11-13(2)21-14-6-4-3-5-7-14/h3-10,13,18H,11H2,1-2H3. The molecule has 0 aliphatic heterocycles. The lowest BCUT2D eigenvalue weighted by molar-refractivity contribution is 0.225. The second-order valence-electron chi connectivity index (χ2n) is 5.00. The Balaban J connectivity index is 1.98. The Morgan fingerprint density at radius 1 is 1.18 bits per heavy atom. The quantitative estimate of drug-likeness (QED) is 0.889. The van der Waals surface area contributed by atoms with E-state index in [1.807, 2.05) is 18.2 Å². The summed E-state index contributed by atoms with van der Waals surface area (Å²) in [5, 5.41) is 0. The molecule has 1 unspecified atom stereocenters. The third-order valence-electron chi connectivity index (χ3n) is 3.08. The lowest BCUT2D eigenvalue weighted by Gasteiger charge is -2.15. The maximum absolute atomic E-state index is 13.2. The van der Waals surface area contributed by atoms with Crippen molar-refractivity contribution in [3.8, 4) is 5.75 Å². The Morgan fingerprint density at radius 3 is 2.50 bits per heavy atom. The van der Waals surface area contributed by atoms with Gasteiger partial charge in [-0.3, -0.25) is 0 Å². The van der Waals surface area contributed by atoms with Gasteiger partial charge in [-0.15, -0.1) is 0 Å². The Bertz CT molecular complexity index is 732. The first-order valence-corrected chi connectivity index (χ1v) is 8.34. The van der Waals surface area contributed by atoms with Crippen LogP contribution in [0.5, 0.6) is 5.75 Å². The minimum absolute atomic E-state index is 0.0401. The van der Waals surface area contributed by atoms with Gasteiger partial charge in [0.05, 0.1) is 4.90 Å². The maximum atomic E-state index is 13.2. The second-order valence-corrected chi connectivity index (χ2v) is 6.77. The highest BCUT2D eigenvalue weighted by Gasteiger charge is 2.16. The van der Waals surface area contributed by atoms with Crippen LogP contribution in [-0.4, -0.2) is 21.1 Å². The molecular formula is C16H18FNO3S. The van der Waals surface area contributed by atoms with Crippen LogP contribution in [0, 0.1) is 12.7 Å². The number of aryl methyl sites for hydroxylation is 1. The van der Waals surface area contributed by atoms with Crippen LogP contribution in [0.1, 0.15) is 12.5 Å². The van der Waals surface area contributed by atoms with Crippen molar-refractivity contribution in [2.45, 2.75) is 24.8 Å². The van der Waals surface area contributed by atoms with Crippen molar-refractivity contribution in [1.82, 2.24) is 4.72 Å². The Hall–Kier alpha value is -1.92. The summed E-state index contributed by atoms with van der Waals surface area (Å²) in [5.41, 5.74) is 0.288. The van der Waals surface area contributed by atoms with Crippen molar-refractivity contribution in [2.75, 3.05) is 6.54 Å². The van der Waals surface area contributed by atoms with E-state index in [0.29, 0.717) is 5.75 Å². The largest absolute Gasteiger partial charge is 0.489 e. The van der Waals surface area contributed by atoms with Gasteiger partial charge in [-0.1, -0.05) is 18.2 Å². The molecule has 0 aliphatic carbocycles. The summed E-state index contributed by atoms with van der Waals surface area (Å²) in [5.74, 6) is 0.242. The molecule has 22 heavy (non-hydrogen) atoms. The van der Waals surface area contributed by atoms with Crippen LogP contribution >= 0.6 is 0 Å². The van der Waals surface area contributed by atoms with Crippen LogP contribution < -0.4 is 9.46 Å². The fourth-order valence-electron chi connectivity index (χ4n) is 1.87. The summed E-state index contributed by atoms with van der Waals surface area (Å²) >= 11 is 0. The molecule has 0 amide bonds. The molecule has 0 saturated carbocycles. The maximum Gasteiger partial charge on any atom is 0.240 e. The van der Waals surface area contributed by atoms with Gasteiger partial charge in [0.2, 0.25) is 10.0 Å². The fourth-order valence-corrected chi connectivity index (χ4v) is 3.07. The van der Waals surface area contributed by atoms with Gasteiger partial charge in [0.15, 0.2) is 0 Å². The van der Waals surface area contributed by atoms with E-state index in [1.165, 1.54) is 19.1 Å². The summed E-state index contributed by atoms with van der Waals surface area (Å²) in [7, 11) is -3.68. The predicted octanol–water partition coefficient (Wildman–Crippen LogP) is 2.88. The average Bonchev–Trinajstić information content (AvgIpc) is 2.49. The van der Waals surface area contributed by atoms with Crippen LogP contribution in [0.4, 0.5) is 4.39 Å². The molecule has 0 fully saturated rings. The first-order chi connectivity index (χ1) is 10.4. The highest BCUT2D eigenvalue weighted by atomic mass is 32.2. The molecule has 2 rings (SSSR count). The monoisotopic (exact) mass is 323 g/mol. The number of hydrogen-bond donors (Lipinski definition) is 1. The zero-order valence-corrected chi connectivity index (χ0v) is 13.2. The third-order valence-corrected chi connectivity index (χ3v) is 4.50. The van der Waals surface area contributed by atoms with Crippen LogP contribution in [0.2, 0.25) is 0 Å². The summed E-state index contributed by atoms with van der Waals surface area (Å²) in [4.78, 5) is 0.0401. The van der Waals surface area contributed by atoms with Gasteiger partial charge in [0.25, 0.3) is 0 Å². The molecule has 4 nitrogen and oxygen atoms in total. The molecule has 6 heteroatoms. The Morgan fingerprint density at radius 2 is 1.86 bits per heavy atom. The van der Waals surface area contributed by atoms with E-state index >= 15 is 0 Å². The number of benzene rings is 2. The average molecular weight is 323 g/mol. The molecule has 118 valence electrons. The van der Waals surface area contributed by atoms with Gasteiger partial charge in [-0.2, -0.15) is 0 Å². The summed E-state index contributed by atoms with van der Waals surface area (Å²) in [6.07, 6.45) is -0.335. The SMILES string of the molecule is Cc1cc(S(=O)(=O)NCC(C)Oc2ccccc2)ccc1F. The van der Waals surface area contributed by atoms with Crippen molar-refractivity contribution in [1.29, 1.82) is 0 Å². The highest BCUT2D eigenvalue weighted by Crippen LogP contribution is 2.15. The van der Waals surface area contributed by atoms with E-state index in [-0.39, 0.29) is 23.1 Å². The molecule has 0 aromatic heterocycles. The number of hydrogen-bond acceptors (Lipinski definition) is 3. The molecule has 0 bridgehead atoms. The zero-order valence-electron chi connectivity index (χ0n) is 12.4. The topological polar surface area (TPSA) is 55.4 Å². The van der Waals surface area contributed by atoms with Gasteiger partial charge in [0.1, 0.15) is 17.7 Å². The predicted molar refractivity (Wildman–Crippen MR) is 82.9 cm³/mol. The molecule has 0 aliphatic rings. The van der Waals surface area contributed by atoms with Crippen molar-refractivity contribution in [2.24, 2.45) is 0 Å². The van der Waals surface area contributed by atoms with E-state index in [9.17, 15) is 12.8 Å². The van der Waals surface area contributed by atoms with Crippen LogP contribution in [0.15, 0.2) is 53.4 Å². The number of ether oxygens (including phenoxy) is 1. The molecule has 1 atom stereocenters. The van der Waals surface area contributed by atoms with Crippen LogP contribution in [0.3, 0.4) is 0 Å². The Labute approximate surface area is 130 Å². The third kappa shape index (κ3) is 4.29. The summed E-state index contributed by atoms with van der Waals surface area (Å²) in [6.45, 7) is 3.41. The van der Waals surface area contributed by atoms with Gasteiger partial charge < -0.3 is 4.74 Å². The second kappa shape index (κ2) is 6.89. The molecule has 0 radical (unpaired) electrons. The van der Waals surface area contributed by atoms with Gasteiger partial charge in [-0.05, 0) is 49.7 Å². The minimum atomic E-state index is -3.68. The number of rotatable bonds is 6. The molecule has 2 aromatic carbocycles. The lowest BCUT2D eigenvalue weighted by Crippen LogP contribution is -2.33. The number of halogens is 1. The van der Waals surface area contributed by atoms with Crippen LogP contribution in [0.25, 0.3) is 0 Å². The molecule has 0 spiro atoms. The fraction of sp³-hybridized carbons (Fsp3) is 0.250. The van der Waals surface area contributed by atoms with E-state index in [2.05, 4.69) is 4.72 Å². The first kappa shape index (κ1) is 16.5. The van der Waals surface area contributed by atoms with Gasteiger partial charge in [0, 0.05) is 6.54 Å². The van der Waals surface area contributed by atoms with Crippen molar-refractivity contribution < 1.29 is 17.5 Å². The first-order valence-electron chi connectivity index (χ1n) is 6.86. The number of sulfonamides is 1. The zero-order chi connectivity index (χ0) is 16.2. The van der Waals surface area contributed by atoms with Gasteiger partial charge >= 0.3 is 0 Å². The van der Waals surface area contributed by atoms with E-state index in [4.69, 9.17) is 4.74 Å². The lowest BCUT2D eigenvalue weighted by atomic mass is 10.2. The van der Waals surface area contributed by atoms with Crippen LogP contribution in [-0.2, 0) is 10.0 Å². The molecule has 1 N–H and O–H groups in total. The molecule has 0 heterocycles.